The van der Waals surface area contributed by atoms with Crippen LogP contribution >= 0.6 is 0 Å². The van der Waals surface area contributed by atoms with Gasteiger partial charge in [-0.05, 0) is 17.7 Å². The quantitative estimate of drug-likeness (QED) is 0.833. The second-order valence-electron chi connectivity index (χ2n) is 4.64. The van der Waals surface area contributed by atoms with Crippen LogP contribution in [0.4, 0.5) is 0 Å². The molecule has 0 aromatic heterocycles. The van der Waals surface area contributed by atoms with Crippen molar-refractivity contribution in [2.24, 2.45) is 5.92 Å². The zero-order valence-corrected chi connectivity index (χ0v) is 10.8. The average Bonchev–Trinajstić information content (AvgIpc) is 3.10. The number of benzene rings is 1. The van der Waals surface area contributed by atoms with Crippen molar-refractivity contribution in [1.82, 2.24) is 5.06 Å². The largest absolute Gasteiger partial charge is 0.454 e. The second kappa shape index (κ2) is 5.38. The third kappa shape index (κ3) is 2.16. The van der Waals surface area contributed by atoms with Crippen molar-refractivity contribution in [3.8, 4) is 23.6 Å². The molecule has 0 aliphatic carbocycles. The van der Waals surface area contributed by atoms with Crippen LogP contribution in [0.3, 0.4) is 0 Å². The Morgan fingerprint density at radius 2 is 2.10 bits per heavy atom. The first kappa shape index (κ1) is 12.7. The van der Waals surface area contributed by atoms with Crippen molar-refractivity contribution in [2.45, 2.75) is 12.5 Å². The molecule has 6 nitrogen and oxygen atoms in total. The monoisotopic (exact) mass is 271 g/mol. The molecule has 0 N–H and O–H groups in total. The Morgan fingerprint density at radius 3 is 2.90 bits per heavy atom. The minimum Gasteiger partial charge on any atom is -0.454 e. The summed E-state index contributed by atoms with van der Waals surface area (Å²) in [6.45, 7) is 1.05. The summed E-state index contributed by atoms with van der Waals surface area (Å²) in [5, 5.41) is 19.7. The fourth-order valence-corrected chi connectivity index (χ4v) is 2.52. The Balaban J connectivity index is 1.88. The van der Waals surface area contributed by atoms with Crippen LogP contribution in [0.25, 0.3) is 0 Å². The highest BCUT2D eigenvalue weighted by molar-refractivity contribution is 5.45. The summed E-state index contributed by atoms with van der Waals surface area (Å²) in [4.78, 5) is 5.53. The van der Waals surface area contributed by atoms with Gasteiger partial charge >= 0.3 is 0 Å². The number of hydroxylamine groups is 2. The number of rotatable bonds is 3. The average molecular weight is 271 g/mol. The summed E-state index contributed by atoms with van der Waals surface area (Å²) in [5.41, 5.74) is 0.941. The number of nitriles is 2. The molecule has 2 aliphatic rings. The van der Waals surface area contributed by atoms with E-state index in [1.54, 1.807) is 5.06 Å². The second-order valence-corrected chi connectivity index (χ2v) is 4.64. The van der Waals surface area contributed by atoms with Crippen LogP contribution in [-0.2, 0) is 4.84 Å². The van der Waals surface area contributed by atoms with E-state index in [1.165, 1.54) is 0 Å². The standard InChI is InChI=1S/C14H13N3O3/c15-4-1-5-17-14(11(7-16)8-20-17)10-2-3-12-13(6-10)19-9-18-12/h2-3,6,11,14H,1,5,8-9H2/t11-,14+/m1/s1. The predicted octanol–water partition coefficient (Wildman–Crippen LogP) is 1.76. The lowest BCUT2D eigenvalue weighted by atomic mass is 9.95. The molecule has 3 rings (SSSR count). The Hall–Kier alpha value is -2.28. The molecule has 0 unspecified atom stereocenters. The van der Waals surface area contributed by atoms with Crippen molar-refractivity contribution < 1.29 is 14.3 Å². The highest BCUT2D eigenvalue weighted by Gasteiger charge is 2.37. The highest BCUT2D eigenvalue weighted by Crippen LogP contribution is 2.40. The van der Waals surface area contributed by atoms with Gasteiger partial charge in [0.15, 0.2) is 11.5 Å². The molecule has 0 saturated carbocycles. The molecular weight excluding hydrogens is 258 g/mol. The van der Waals surface area contributed by atoms with Gasteiger partial charge < -0.3 is 9.47 Å². The van der Waals surface area contributed by atoms with Crippen molar-refractivity contribution in [3.05, 3.63) is 23.8 Å². The fourth-order valence-electron chi connectivity index (χ4n) is 2.52. The molecule has 1 aromatic rings. The van der Waals surface area contributed by atoms with Gasteiger partial charge in [0.25, 0.3) is 0 Å². The van der Waals surface area contributed by atoms with Crippen molar-refractivity contribution in [1.29, 1.82) is 10.5 Å². The first-order chi connectivity index (χ1) is 9.83. The molecule has 0 bridgehead atoms. The molecule has 2 aliphatic heterocycles. The fraction of sp³-hybridized carbons (Fsp3) is 0.429. The molecule has 1 saturated heterocycles. The van der Waals surface area contributed by atoms with Crippen LogP contribution in [0.1, 0.15) is 18.0 Å². The van der Waals surface area contributed by atoms with Crippen LogP contribution in [0, 0.1) is 28.6 Å². The summed E-state index contributed by atoms with van der Waals surface area (Å²) < 4.78 is 10.7. The molecule has 1 aromatic carbocycles. The minimum atomic E-state index is -0.255. The van der Waals surface area contributed by atoms with Gasteiger partial charge in [0.05, 0.1) is 37.1 Å². The summed E-state index contributed by atoms with van der Waals surface area (Å²) in [5.74, 6) is 1.14. The molecule has 0 radical (unpaired) electrons. The number of nitrogens with zero attached hydrogens (tertiary/aromatic N) is 3. The maximum absolute atomic E-state index is 9.26. The van der Waals surface area contributed by atoms with Crippen LogP contribution in [0.2, 0.25) is 0 Å². The van der Waals surface area contributed by atoms with E-state index < -0.39 is 0 Å². The Kier molecular flexibility index (Phi) is 3.42. The summed E-state index contributed by atoms with van der Waals surface area (Å²) in [6.07, 6.45) is 0.360. The summed E-state index contributed by atoms with van der Waals surface area (Å²) in [7, 11) is 0. The zero-order chi connectivity index (χ0) is 13.9. The van der Waals surface area contributed by atoms with E-state index in [1.807, 2.05) is 18.2 Å². The van der Waals surface area contributed by atoms with Gasteiger partial charge in [-0.15, -0.1) is 0 Å². The number of ether oxygens (including phenoxy) is 2. The molecule has 102 valence electrons. The van der Waals surface area contributed by atoms with E-state index in [2.05, 4.69) is 12.1 Å². The Bertz CT molecular complexity index is 590. The third-order valence-electron chi connectivity index (χ3n) is 3.46. The minimum absolute atomic E-state index is 0.178. The normalized spacial score (nSPS) is 24.3. The van der Waals surface area contributed by atoms with Crippen molar-refractivity contribution in [2.75, 3.05) is 19.9 Å². The van der Waals surface area contributed by atoms with E-state index in [4.69, 9.17) is 19.6 Å². The lowest BCUT2D eigenvalue weighted by Crippen LogP contribution is -2.25. The van der Waals surface area contributed by atoms with Crippen LogP contribution in [0.15, 0.2) is 18.2 Å². The first-order valence-corrected chi connectivity index (χ1v) is 6.39. The summed E-state index contributed by atoms with van der Waals surface area (Å²) >= 11 is 0. The van der Waals surface area contributed by atoms with Gasteiger partial charge in [0.2, 0.25) is 6.79 Å². The van der Waals surface area contributed by atoms with E-state index in [0.717, 1.165) is 5.56 Å². The van der Waals surface area contributed by atoms with Crippen molar-refractivity contribution >= 4 is 0 Å². The molecule has 0 spiro atoms. The predicted molar refractivity (Wildman–Crippen MR) is 67.3 cm³/mol. The lowest BCUT2D eigenvalue weighted by Gasteiger charge is -2.23. The molecule has 20 heavy (non-hydrogen) atoms. The molecule has 2 heterocycles. The smallest absolute Gasteiger partial charge is 0.231 e. The van der Waals surface area contributed by atoms with E-state index in [0.29, 0.717) is 31.1 Å². The number of fused-ring (bicyclic) bond motifs is 1. The van der Waals surface area contributed by atoms with E-state index >= 15 is 0 Å². The topological polar surface area (TPSA) is 78.5 Å². The van der Waals surface area contributed by atoms with Gasteiger partial charge in [0.1, 0.15) is 0 Å². The van der Waals surface area contributed by atoms with Crippen LogP contribution < -0.4 is 9.47 Å². The van der Waals surface area contributed by atoms with Gasteiger partial charge in [-0.2, -0.15) is 15.6 Å². The van der Waals surface area contributed by atoms with E-state index in [-0.39, 0.29) is 18.8 Å². The first-order valence-electron chi connectivity index (χ1n) is 6.39. The maximum Gasteiger partial charge on any atom is 0.231 e. The van der Waals surface area contributed by atoms with Gasteiger partial charge in [-0.25, -0.2) is 0 Å². The van der Waals surface area contributed by atoms with Gasteiger partial charge in [-0.3, -0.25) is 4.84 Å². The Morgan fingerprint density at radius 1 is 1.25 bits per heavy atom. The van der Waals surface area contributed by atoms with Crippen LogP contribution in [0.5, 0.6) is 11.5 Å². The SMILES string of the molecule is N#CCCN1OC[C@@H](C#N)[C@@H]1c1ccc2c(c1)OCO2. The summed E-state index contributed by atoms with van der Waals surface area (Å²) in [6, 6.07) is 9.81. The molecular formula is C14H13N3O3. The van der Waals surface area contributed by atoms with Crippen molar-refractivity contribution in [3.63, 3.8) is 0 Å². The van der Waals surface area contributed by atoms with Gasteiger partial charge in [-0.1, -0.05) is 6.07 Å². The van der Waals surface area contributed by atoms with Crippen LogP contribution in [-0.4, -0.2) is 25.0 Å². The zero-order valence-electron chi connectivity index (χ0n) is 10.8. The molecule has 6 heteroatoms. The maximum atomic E-state index is 9.26. The number of hydrogen-bond donors (Lipinski definition) is 0. The molecule has 1 fully saturated rings. The number of hydrogen-bond acceptors (Lipinski definition) is 6. The highest BCUT2D eigenvalue weighted by atomic mass is 16.7. The van der Waals surface area contributed by atoms with E-state index in [9.17, 15) is 5.26 Å². The Labute approximate surface area is 116 Å². The third-order valence-corrected chi connectivity index (χ3v) is 3.46. The molecule has 2 atom stereocenters. The molecule has 0 amide bonds. The lowest BCUT2D eigenvalue weighted by molar-refractivity contribution is -0.131. The van der Waals surface area contributed by atoms with Gasteiger partial charge in [0, 0.05) is 6.54 Å².